The van der Waals surface area contributed by atoms with Crippen molar-refractivity contribution in [3.8, 4) is 0 Å². The number of halogens is 3. The van der Waals surface area contributed by atoms with E-state index >= 15 is 8.78 Å². The monoisotopic (exact) mass is 443 g/mol. The third kappa shape index (κ3) is 4.27. The molecule has 0 fully saturated rings. The standard InChI is InChI=1S/C24H24F3N3O2/c1-13-6-15-10-20-16(11-28-29-20)9-17(15)23(30(13)12-24(2,3)27)22-18(25)7-14(8-19(22)26)4-5-21(31)32/h4-5,7-11,13,23H,6,12H2,1-3H3,(H,28,29)(H,31,32)/b5-4+/t13-,23+/m0/s1. The Bertz CT molecular complexity index is 1190. The van der Waals surface area contributed by atoms with Crippen LogP contribution in [0.1, 0.15) is 49.1 Å². The van der Waals surface area contributed by atoms with E-state index in [0.717, 1.165) is 40.8 Å². The molecule has 3 aromatic rings. The van der Waals surface area contributed by atoms with Crippen molar-refractivity contribution in [3.05, 3.63) is 70.4 Å². The number of aromatic amines is 1. The number of carbonyl (C=O) groups is 1. The number of carboxylic acid groups (broad SMARTS) is 1. The van der Waals surface area contributed by atoms with Crippen LogP contribution in [0.25, 0.3) is 17.0 Å². The topological polar surface area (TPSA) is 69.2 Å². The molecule has 2 N–H and O–H groups in total. The summed E-state index contributed by atoms with van der Waals surface area (Å²) in [6.45, 7) is 4.79. The number of hydrogen-bond donors (Lipinski definition) is 2. The zero-order valence-electron chi connectivity index (χ0n) is 18.0. The number of nitrogens with one attached hydrogen (secondary N) is 1. The summed E-state index contributed by atoms with van der Waals surface area (Å²) in [5, 5.41) is 16.6. The number of carboxylic acids is 1. The fraction of sp³-hybridized carbons (Fsp3) is 0.333. The number of alkyl halides is 1. The lowest BCUT2D eigenvalue weighted by atomic mass is 9.83. The predicted octanol–water partition coefficient (Wildman–Crippen LogP) is 5.02. The van der Waals surface area contributed by atoms with Crippen LogP contribution >= 0.6 is 0 Å². The van der Waals surface area contributed by atoms with Gasteiger partial charge in [-0.3, -0.25) is 10.00 Å². The van der Waals surface area contributed by atoms with E-state index in [0.29, 0.717) is 12.0 Å². The number of benzene rings is 2. The zero-order chi connectivity index (χ0) is 23.2. The van der Waals surface area contributed by atoms with E-state index < -0.39 is 29.3 Å². The second-order valence-electron chi connectivity index (χ2n) is 8.92. The molecule has 0 aliphatic carbocycles. The van der Waals surface area contributed by atoms with Crippen molar-refractivity contribution < 1.29 is 23.1 Å². The zero-order valence-corrected chi connectivity index (χ0v) is 18.0. The first-order valence-corrected chi connectivity index (χ1v) is 10.3. The summed E-state index contributed by atoms with van der Waals surface area (Å²) < 4.78 is 45.4. The lowest BCUT2D eigenvalue weighted by Gasteiger charge is -2.44. The van der Waals surface area contributed by atoms with Gasteiger partial charge in [-0.25, -0.2) is 18.0 Å². The molecule has 168 valence electrons. The number of aliphatic carboxylic acids is 1. The van der Waals surface area contributed by atoms with Crippen molar-refractivity contribution in [2.24, 2.45) is 0 Å². The van der Waals surface area contributed by atoms with Crippen LogP contribution in [0.15, 0.2) is 36.5 Å². The second-order valence-corrected chi connectivity index (χ2v) is 8.92. The molecule has 2 atom stereocenters. The molecule has 4 rings (SSSR count). The number of nitrogens with zero attached hydrogens (tertiary/aromatic N) is 2. The van der Waals surface area contributed by atoms with E-state index in [2.05, 4.69) is 10.2 Å². The molecule has 0 radical (unpaired) electrons. The van der Waals surface area contributed by atoms with E-state index in [1.54, 1.807) is 11.1 Å². The quantitative estimate of drug-likeness (QED) is 0.543. The molecular weight excluding hydrogens is 419 g/mol. The first-order valence-electron chi connectivity index (χ1n) is 10.3. The van der Waals surface area contributed by atoms with Gasteiger partial charge in [-0.1, -0.05) is 0 Å². The predicted molar refractivity (Wildman–Crippen MR) is 116 cm³/mol. The Morgan fingerprint density at radius 2 is 1.97 bits per heavy atom. The molecule has 0 bridgehead atoms. The molecule has 0 saturated carbocycles. The number of fused-ring (bicyclic) bond motifs is 2. The molecule has 0 spiro atoms. The van der Waals surface area contributed by atoms with E-state index in [-0.39, 0.29) is 23.7 Å². The summed E-state index contributed by atoms with van der Waals surface area (Å²) in [4.78, 5) is 12.6. The summed E-state index contributed by atoms with van der Waals surface area (Å²) in [6.07, 6.45) is 4.19. The maximum absolute atomic E-state index is 15.3. The lowest BCUT2D eigenvalue weighted by Crippen LogP contribution is -2.48. The van der Waals surface area contributed by atoms with Crippen LogP contribution in [0.3, 0.4) is 0 Å². The van der Waals surface area contributed by atoms with Gasteiger partial charge in [0.2, 0.25) is 0 Å². The number of hydrogen-bond acceptors (Lipinski definition) is 3. The summed E-state index contributed by atoms with van der Waals surface area (Å²) in [5.74, 6) is -2.84. The van der Waals surface area contributed by atoms with Gasteiger partial charge in [-0.15, -0.1) is 0 Å². The van der Waals surface area contributed by atoms with Crippen LogP contribution in [0.5, 0.6) is 0 Å². The van der Waals surface area contributed by atoms with Crippen molar-refractivity contribution in [1.29, 1.82) is 0 Å². The Hall–Kier alpha value is -3.13. The number of aromatic nitrogens is 2. The largest absolute Gasteiger partial charge is 0.478 e. The molecule has 1 aliphatic rings. The first kappa shape index (κ1) is 22.1. The van der Waals surface area contributed by atoms with E-state index in [1.165, 1.54) is 13.8 Å². The van der Waals surface area contributed by atoms with Crippen molar-refractivity contribution >= 4 is 22.9 Å². The van der Waals surface area contributed by atoms with E-state index in [4.69, 9.17) is 5.11 Å². The summed E-state index contributed by atoms with van der Waals surface area (Å²) in [6, 6.07) is 4.96. The molecule has 32 heavy (non-hydrogen) atoms. The highest BCUT2D eigenvalue weighted by Gasteiger charge is 2.39. The molecule has 2 aromatic carbocycles. The van der Waals surface area contributed by atoms with Crippen molar-refractivity contribution in [1.82, 2.24) is 15.1 Å². The Morgan fingerprint density at radius 1 is 1.28 bits per heavy atom. The Kier molecular flexibility index (Phi) is 5.58. The molecule has 1 aliphatic heterocycles. The summed E-state index contributed by atoms with van der Waals surface area (Å²) in [5.41, 5.74) is 0.772. The maximum Gasteiger partial charge on any atom is 0.328 e. The van der Waals surface area contributed by atoms with Crippen LogP contribution in [0.2, 0.25) is 0 Å². The molecular formula is C24H24F3N3O2. The Balaban J connectivity index is 1.91. The fourth-order valence-electron chi connectivity index (χ4n) is 4.49. The van der Waals surface area contributed by atoms with Gasteiger partial charge >= 0.3 is 5.97 Å². The minimum Gasteiger partial charge on any atom is -0.478 e. The number of rotatable bonds is 5. The van der Waals surface area contributed by atoms with E-state index in [9.17, 15) is 9.18 Å². The Morgan fingerprint density at radius 3 is 2.59 bits per heavy atom. The van der Waals surface area contributed by atoms with E-state index in [1.807, 2.05) is 19.1 Å². The molecule has 8 heteroatoms. The highest BCUT2D eigenvalue weighted by Crippen LogP contribution is 2.42. The average Bonchev–Trinajstić information content (AvgIpc) is 3.13. The molecule has 0 unspecified atom stereocenters. The molecule has 1 aromatic heterocycles. The lowest BCUT2D eigenvalue weighted by molar-refractivity contribution is -0.131. The highest BCUT2D eigenvalue weighted by molar-refractivity contribution is 5.85. The fourth-order valence-corrected chi connectivity index (χ4v) is 4.49. The van der Waals surface area contributed by atoms with Gasteiger partial charge in [0.25, 0.3) is 0 Å². The van der Waals surface area contributed by atoms with Gasteiger partial charge in [0, 0.05) is 29.6 Å². The smallest absolute Gasteiger partial charge is 0.328 e. The maximum atomic E-state index is 15.3. The first-order chi connectivity index (χ1) is 15.0. The Labute approximate surface area is 183 Å². The van der Waals surface area contributed by atoms with Gasteiger partial charge in [-0.05, 0) is 74.2 Å². The van der Waals surface area contributed by atoms with Gasteiger partial charge in [-0.2, -0.15) is 5.10 Å². The van der Waals surface area contributed by atoms with Crippen molar-refractivity contribution in [3.63, 3.8) is 0 Å². The van der Waals surface area contributed by atoms with Crippen molar-refractivity contribution in [2.45, 2.75) is 44.9 Å². The van der Waals surface area contributed by atoms with Crippen LogP contribution < -0.4 is 0 Å². The molecule has 5 nitrogen and oxygen atoms in total. The summed E-state index contributed by atoms with van der Waals surface area (Å²) >= 11 is 0. The average molecular weight is 443 g/mol. The van der Waals surface area contributed by atoms with Crippen LogP contribution in [0.4, 0.5) is 13.2 Å². The number of H-pyrrole nitrogens is 1. The SMILES string of the molecule is C[C@H]1Cc2cc3[nH]ncc3cc2[C@H](c2c(F)cc(/C=C/C(=O)O)cc2F)N1CC(C)(C)F. The molecule has 0 amide bonds. The molecule has 0 saturated heterocycles. The third-order valence-electron chi connectivity index (χ3n) is 5.76. The van der Waals surface area contributed by atoms with Crippen LogP contribution in [-0.2, 0) is 11.2 Å². The van der Waals surface area contributed by atoms with Crippen LogP contribution in [0, 0.1) is 11.6 Å². The van der Waals surface area contributed by atoms with Gasteiger partial charge in [0.05, 0.1) is 17.8 Å². The van der Waals surface area contributed by atoms with Crippen molar-refractivity contribution in [2.75, 3.05) is 6.54 Å². The van der Waals surface area contributed by atoms with Gasteiger partial charge in [0.1, 0.15) is 17.3 Å². The van der Waals surface area contributed by atoms with Gasteiger partial charge in [0.15, 0.2) is 0 Å². The second kappa shape index (κ2) is 8.09. The minimum atomic E-state index is -1.58. The minimum absolute atomic E-state index is 0.0127. The van der Waals surface area contributed by atoms with Crippen LogP contribution in [-0.4, -0.2) is 44.4 Å². The molecule has 2 heterocycles. The normalized spacial score (nSPS) is 19.6. The highest BCUT2D eigenvalue weighted by atomic mass is 19.1. The third-order valence-corrected chi connectivity index (χ3v) is 5.76. The van der Waals surface area contributed by atoms with Gasteiger partial charge < -0.3 is 5.11 Å². The summed E-state index contributed by atoms with van der Waals surface area (Å²) in [7, 11) is 0.